The summed E-state index contributed by atoms with van der Waals surface area (Å²) < 4.78 is 25.2. The van der Waals surface area contributed by atoms with Crippen LogP contribution in [0.1, 0.15) is 17.4 Å². The summed E-state index contributed by atoms with van der Waals surface area (Å²) in [7, 11) is -3.06. The molecule has 1 aromatic rings. The molecule has 5 nitrogen and oxygen atoms in total. The minimum Gasteiger partial charge on any atom is -0.384 e. The number of thiophene rings is 1. The molecule has 0 spiro atoms. The molecular weight excluding hydrogens is 308 g/mol. The Morgan fingerprint density at radius 3 is 2.67 bits per heavy atom. The van der Waals surface area contributed by atoms with Gasteiger partial charge in [0.2, 0.25) is 10.0 Å². The molecular formula is C14H20N2O3S2. The van der Waals surface area contributed by atoms with Crippen molar-refractivity contribution in [2.75, 3.05) is 38.5 Å². The maximum absolute atomic E-state index is 11.8. The molecule has 116 valence electrons. The molecule has 1 aromatic heterocycles. The van der Waals surface area contributed by atoms with Crippen LogP contribution < -0.4 is 0 Å². The standard InChI is InChI=1S/C14H20N2O3S2/c1-2-21(18,19)16-7-5-15(6-8-16)11-14-10-13(12-20-14)4-3-9-17/h10,12,17H,2,5-9,11H2,1H3. The molecule has 1 aliphatic rings. The Labute approximate surface area is 130 Å². The Morgan fingerprint density at radius 2 is 2.05 bits per heavy atom. The number of aliphatic hydroxyl groups is 1. The molecule has 7 heteroatoms. The van der Waals surface area contributed by atoms with E-state index < -0.39 is 10.0 Å². The Bertz CT molecular complexity index is 620. The summed E-state index contributed by atoms with van der Waals surface area (Å²) in [6, 6.07) is 2.03. The molecule has 1 fully saturated rings. The third-order valence-corrected chi connectivity index (χ3v) is 6.24. The van der Waals surface area contributed by atoms with E-state index in [2.05, 4.69) is 16.7 Å². The maximum Gasteiger partial charge on any atom is 0.213 e. The van der Waals surface area contributed by atoms with Crippen LogP contribution in [0.2, 0.25) is 0 Å². The van der Waals surface area contributed by atoms with Gasteiger partial charge in [0.1, 0.15) is 6.61 Å². The lowest BCUT2D eigenvalue weighted by atomic mass is 10.3. The van der Waals surface area contributed by atoms with Crippen molar-refractivity contribution in [2.24, 2.45) is 0 Å². The van der Waals surface area contributed by atoms with E-state index in [0.29, 0.717) is 13.1 Å². The summed E-state index contributed by atoms with van der Waals surface area (Å²) in [5, 5.41) is 10.7. The van der Waals surface area contributed by atoms with E-state index in [1.165, 1.54) is 4.88 Å². The second-order valence-corrected chi connectivity index (χ2v) is 8.09. The van der Waals surface area contributed by atoms with Crippen LogP contribution in [-0.2, 0) is 16.6 Å². The molecule has 2 heterocycles. The van der Waals surface area contributed by atoms with E-state index in [4.69, 9.17) is 5.11 Å². The average molecular weight is 328 g/mol. The van der Waals surface area contributed by atoms with Gasteiger partial charge in [-0.2, -0.15) is 4.31 Å². The summed E-state index contributed by atoms with van der Waals surface area (Å²) >= 11 is 1.65. The fourth-order valence-electron chi connectivity index (χ4n) is 2.24. The van der Waals surface area contributed by atoms with Gasteiger partial charge in [-0.05, 0) is 13.0 Å². The summed E-state index contributed by atoms with van der Waals surface area (Å²) in [4.78, 5) is 3.47. The van der Waals surface area contributed by atoms with Crippen molar-refractivity contribution in [3.63, 3.8) is 0 Å². The molecule has 0 aliphatic carbocycles. The largest absolute Gasteiger partial charge is 0.384 e. The van der Waals surface area contributed by atoms with Gasteiger partial charge in [-0.3, -0.25) is 4.90 Å². The monoisotopic (exact) mass is 328 g/mol. The van der Waals surface area contributed by atoms with E-state index in [1.54, 1.807) is 22.6 Å². The Morgan fingerprint density at radius 1 is 1.33 bits per heavy atom. The second-order valence-electron chi connectivity index (χ2n) is 4.84. The number of piperazine rings is 1. The van der Waals surface area contributed by atoms with Gasteiger partial charge in [-0.25, -0.2) is 8.42 Å². The zero-order valence-electron chi connectivity index (χ0n) is 12.1. The first-order chi connectivity index (χ1) is 10.0. The molecule has 0 amide bonds. The third-order valence-electron chi connectivity index (χ3n) is 3.43. The van der Waals surface area contributed by atoms with Crippen molar-refractivity contribution in [2.45, 2.75) is 13.5 Å². The van der Waals surface area contributed by atoms with Crippen molar-refractivity contribution in [3.8, 4) is 11.8 Å². The lowest BCUT2D eigenvalue weighted by Crippen LogP contribution is -2.48. The molecule has 0 bridgehead atoms. The van der Waals surface area contributed by atoms with Crippen LogP contribution in [0.15, 0.2) is 11.4 Å². The molecule has 21 heavy (non-hydrogen) atoms. The second kappa shape index (κ2) is 7.38. The fourth-order valence-corrected chi connectivity index (χ4v) is 4.18. The van der Waals surface area contributed by atoms with E-state index >= 15 is 0 Å². The van der Waals surface area contributed by atoms with Gasteiger partial charge < -0.3 is 5.11 Å². The van der Waals surface area contributed by atoms with E-state index in [9.17, 15) is 8.42 Å². The molecule has 2 rings (SSSR count). The number of hydrogen-bond acceptors (Lipinski definition) is 5. The van der Waals surface area contributed by atoms with E-state index in [-0.39, 0.29) is 12.4 Å². The summed E-state index contributed by atoms with van der Waals surface area (Å²) in [5.74, 6) is 5.70. The Hall–Kier alpha value is -0.910. The zero-order chi connectivity index (χ0) is 15.3. The molecule has 0 unspecified atom stereocenters. The molecule has 1 aliphatic heterocycles. The minimum absolute atomic E-state index is 0.126. The highest BCUT2D eigenvalue weighted by atomic mass is 32.2. The summed E-state index contributed by atoms with van der Waals surface area (Å²) in [6.45, 7) is 5.04. The van der Waals surface area contributed by atoms with Crippen LogP contribution in [0, 0.1) is 11.8 Å². The van der Waals surface area contributed by atoms with Gasteiger partial charge in [0.15, 0.2) is 0 Å². The van der Waals surface area contributed by atoms with Gasteiger partial charge in [-0.1, -0.05) is 11.8 Å². The van der Waals surface area contributed by atoms with Gasteiger partial charge in [0, 0.05) is 48.5 Å². The van der Waals surface area contributed by atoms with Gasteiger partial charge in [-0.15, -0.1) is 11.3 Å². The third kappa shape index (κ3) is 4.53. The van der Waals surface area contributed by atoms with Crippen molar-refractivity contribution < 1.29 is 13.5 Å². The van der Waals surface area contributed by atoms with Crippen LogP contribution in [-0.4, -0.2) is 61.3 Å². The highest BCUT2D eigenvalue weighted by Crippen LogP contribution is 2.18. The quantitative estimate of drug-likeness (QED) is 0.821. The summed E-state index contributed by atoms with van der Waals surface area (Å²) in [6.07, 6.45) is 0. The Balaban J connectivity index is 1.88. The van der Waals surface area contributed by atoms with Crippen LogP contribution in [0.5, 0.6) is 0 Å². The number of nitrogens with zero attached hydrogens (tertiary/aromatic N) is 2. The first-order valence-electron chi connectivity index (χ1n) is 6.92. The van der Waals surface area contributed by atoms with Crippen molar-refractivity contribution in [3.05, 3.63) is 21.9 Å². The highest BCUT2D eigenvalue weighted by molar-refractivity contribution is 7.89. The van der Waals surface area contributed by atoms with Gasteiger partial charge >= 0.3 is 0 Å². The lowest BCUT2D eigenvalue weighted by molar-refractivity contribution is 0.183. The number of aliphatic hydroxyl groups excluding tert-OH is 1. The van der Waals surface area contributed by atoms with Crippen LogP contribution >= 0.6 is 11.3 Å². The van der Waals surface area contributed by atoms with Crippen molar-refractivity contribution in [1.29, 1.82) is 0 Å². The smallest absolute Gasteiger partial charge is 0.213 e. The van der Waals surface area contributed by atoms with E-state index in [1.807, 2.05) is 11.4 Å². The molecule has 0 saturated carbocycles. The highest BCUT2D eigenvalue weighted by Gasteiger charge is 2.25. The molecule has 1 N–H and O–H groups in total. The topological polar surface area (TPSA) is 60.9 Å². The average Bonchev–Trinajstić information content (AvgIpc) is 2.93. The predicted octanol–water partition coefficient (Wildman–Crippen LogP) is 0.559. The first kappa shape index (κ1) is 16.5. The number of rotatable bonds is 4. The lowest BCUT2D eigenvalue weighted by Gasteiger charge is -2.33. The van der Waals surface area contributed by atoms with Crippen LogP contribution in [0.25, 0.3) is 0 Å². The number of hydrogen-bond donors (Lipinski definition) is 1. The zero-order valence-corrected chi connectivity index (χ0v) is 13.7. The predicted molar refractivity (Wildman–Crippen MR) is 84.6 cm³/mol. The number of sulfonamides is 1. The minimum atomic E-state index is -3.06. The van der Waals surface area contributed by atoms with E-state index in [0.717, 1.165) is 25.2 Å². The molecule has 0 aromatic carbocycles. The summed E-state index contributed by atoms with van der Waals surface area (Å²) in [5.41, 5.74) is 0.927. The van der Waals surface area contributed by atoms with Crippen molar-refractivity contribution >= 4 is 21.4 Å². The van der Waals surface area contributed by atoms with Crippen LogP contribution in [0.4, 0.5) is 0 Å². The van der Waals surface area contributed by atoms with Gasteiger partial charge in [0.05, 0.1) is 5.75 Å². The van der Waals surface area contributed by atoms with Gasteiger partial charge in [0.25, 0.3) is 0 Å². The molecule has 1 saturated heterocycles. The normalized spacial score (nSPS) is 17.4. The fraction of sp³-hybridized carbons (Fsp3) is 0.571. The maximum atomic E-state index is 11.8. The first-order valence-corrected chi connectivity index (χ1v) is 9.41. The molecule has 0 atom stereocenters. The van der Waals surface area contributed by atoms with Crippen LogP contribution in [0.3, 0.4) is 0 Å². The van der Waals surface area contributed by atoms with Crippen molar-refractivity contribution in [1.82, 2.24) is 9.21 Å². The molecule has 0 radical (unpaired) electrons. The SMILES string of the molecule is CCS(=O)(=O)N1CCN(Cc2cc(C#CCO)cs2)CC1. The Kier molecular flexibility index (Phi) is 5.79.